The van der Waals surface area contributed by atoms with E-state index >= 15 is 0 Å². The smallest absolute Gasteiger partial charge is 0.136 e. The molecule has 4 nitrogen and oxygen atoms in total. The van der Waals surface area contributed by atoms with Crippen molar-refractivity contribution in [3.63, 3.8) is 0 Å². The largest absolute Gasteiger partial charge is 0.495 e. The minimum Gasteiger partial charge on any atom is -0.495 e. The van der Waals surface area contributed by atoms with Crippen molar-refractivity contribution in [2.75, 3.05) is 13.7 Å². The number of hydrogen-bond acceptors (Lipinski definition) is 5. The van der Waals surface area contributed by atoms with E-state index < -0.39 is 6.10 Å². The first-order chi connectivity index (χ1) is 9.74. The van der Waals surface area contributed by atoms with E-state index in [0.717, 1.165) is 11.1 Å². The van der Waals surface area contributed by atoms with Crippen LogP contribution in [0.3, 0.4) is 0 Å². The molecule has 1 aromatic carbocycles. The van der Waals surface area contributed by atoms with Crippen molar-refractivity contribution in [1.82, 2.24) is 5.32 Å². The summed E-state index contributed by atoms with van der Waals surface area (Å²) in [6.07, 6.45) is -0.499. The molecule has 0 radical (unpaired) electrons. The highest BCUT2D eigenvalue weighted by Crippen LogP contribution is 2.19. The second kappa shape index (κ2) is 7.06. The average molecular weight is 288 g/mol. The molecular weight excluding hydrogens is 272 g/mol. The van der Waals surface area contributed by atoms with Gasteiger partial charge in [-0.1, -0.05) is 6.07 Å². The fourth-order valence-electron chi connectivity index (χ4n) is 1.87. The molecular formula is C15H16N2O2S. The van der Waals surface area contributed by atoms with Gasteiger partial charge in [0.05, 0.1) is 18.8 Å². The molecule has 2 aromatic rings. The molecule has 0 fully saturated rings. The first kappa shape index (κ1) is 14.5. The third-order valence-electron chi connectivity index (χ3n) is 2.98. The molecule has 2 rings (SSSR count). The van der Waals surface area contributed by atoms with Crippen molar-refractivity contribution >= 4 is 11.3 Å². The van der Waals surface area contributed by atoms with Crippen molar-refractivity contribution in [2.45, 2.75) is 12.6 Å². The van der Waals surface area contributed by atoms with E-state index in [1.54, 1.807) is 24.5 Å². The van der Waals surface area contributed by atoms with Crippen LogP contribution in [0.4, 0.5) is 0 Å². The molecule has 0 aliphatic carbocycles. The van der Waals surface area contributed by atoms with Crippen LogP contribution in [0.1, 0.15) is 22.8 Å². The number of rotatable bonds is 6. The van der Waals surface area contributed by atoms with Gasteiger partial charge in [-0.15, -0.1) is 0 Å². The summed E-state index contributed by atoms with van der Waals surface area (Å²) in [7, 11) is 1.55. The number of benzene rings is 1. The van der Waals surface area contributed by atoms with Gasteiger partial charge in [0, 0.05) is 13.1 Å². The zero-order valence-corrected chi connectivity index (χ0v) is 12.0. The van der Waals surface area contributed by atoms with Gasteiger partial charge >= 0.3 is 0 Å². The maximum absolute atomic E-state index is 9.95. The topological polar surface area (TPSA) is 65.3 Å². The Bertz CT molecular complexity index is 590. The molecule has 1 unspecified atom stereocenters. The number of nitrogens with zero attached hydrogens (tertiary/aromatic N) is 1. The number of aliphatic hydroxyl groups is 1. The quantitative estimate of drug-likeness (QED) is 0.857. The number of nitrogens with one attached hydrogen (secondary N) is 1. The Morgan fingerprint density at radius 3 is 2.95 bits per heavy atom. The van der Waals surface area contributed by atoms with Gasteiger partial charge in [0.1, 0.15) is 11.8 Å². The van der Waals surface area contributed by atoms with E-state index in [4.69, 9.17) is 10.00 Å². The Labute approximate surface area is 122 Å². The second-order valence-corrected chi connectivity index (χ2v) is 5.13. The number of ether oxygens (including phenoxy) is 1. The highest BCUT2D eigenvalue weighted by molar-refractivity contribution is 7.07. The third-order valence-corrected chi connectivity index (χ3v) is 3.68. The van der Waals surface area contributed by atoms with E-state index in [9.17, 15) is 5.11 Å². The lowest BCUT2D eigenvalue weighted by Crippen LogP contribution is -2.20. The molecule has 1 heterocycles. The van der Waals surface area contributed by atoms with E-state index in [-0.39, 0.29) is 0 Å². The Morgan fingerprint density at radius 1 is 1.45 bits per heavy atom. The molecule has 0 spiro atoms. The summed E-state index contributed by atoms with van der Waals surface area (Å²) in [5, 5.41) is 25.9. The fraction of sp³-hybridized carbons (Fsp3) is 0.267. The summed E-state index contributed by atoms with van der Waals surface area (Å²) < 4.78 is 5.16. The second-order valence-electron chi connectivity index (χ2n) is 4.35. The van der Waals surface area contributed by atoms with Gasteiger partial charge in [0.15, 0.2) is 0 Å². The Kier molecular flexibility index (Phi) is 5.13. The van der Waals surface area contributed by atoms with Gasteiger partial charge in [-0.25, -0.2) is 0 Å². The van der Waals surface area contributed by atoms with Crippen LogP contribution >= 0.6 is 11.3 Å². The summed E-state index contributed by atoms with van der Waals surface area (Å²) in [5.41, 5.74) is 2.47. The SMILES string of the molecule is COc1cc(CNCC(O)c2ccsc2)ccc1C#N. The summed E-state index contributed by atoms with van der Waals surface area (Å²) in [6, 6.07) is 9.46. The van der Waals surface area contributed by atoms with Gasteiger partial charge in [0.2, 0.25) is 0 Å². The van der Waals surface area contributed by atoms with E-state index in [1.807, 2.05) is 29.0 Å². The van der Waals surface area contributed by atoms with Gasteiger partial charge in [0.25, 0.3) is 0 Å². The van der Waals surface area contributed by atoms with E-state index in [0.29, 0.717) is 24.4 Å². The minimum atomic E-state index is -0.499. The monoisotopic (exact) mass is 288 g/mol. The highest BCUT2D eigenvalue weighted by Gasteiger charge is 2.08. The van der Waals surface area contributed by atoms with Gasteiger partial charge < -0.3 is 15.2 Å². The molecule has 0 amide bonds. The maximum Gasteiger partial charge on any atom is 0.136 e. The van der Waals surface area contributed by atoms with E-state index in [2.05, 4.69) is 11.4 Å². The highest BCUT2D eigenvalue weighted by atomic mass is 32.1. The summed E-state index contributed by atoms with van der Waals surface area (Å²) in [6.45, 7) is 1.10. The maximum atomic E-state index is 9.95. The predicted molar refractivity (Wildman–Crippen MR) is 78.7 cm³/mol. The standard InChI is InChI=1S/C15H16N2O2S/c1-19-15-6-11(2-3-12(15)7-16)8-17-9-14(18)13-4-5-20-10-13/h2-6,10,14,17-18H,8-9H2,1H3. The average Bonchev–Trinajstić information content (AvgIpc) is 3.01. The van der Waals surface area contributed by atoms with Crippen LogP contribution in [0.25, 0.3) is 0 Å². The molecule has 1 atom stereocenters. The Balaban J connectivity index is 1.90. The van der Waals surface area contributed by atoms with Crippen LogP contribution < -0.4 is 10.1 Å². The molecule has 0 aliphatic heterocycles. The predicted octanol–water partition coefficient (Wildman–Crippen LogP) is 2.45. The van der Waals surface area contributed by atoms with Crippen molar-refractivity contribution in [3.05, 3.63) is 51.7 Å². The summed E-state index contributed by atoms with van der Waals surface area (Å²) in [5.74, 6) is 0.574. The summed E-state index contributed by atoms with van der Waals surface area (Å²) in [4.78, 5) is 0. The lowest BCUT2D eigenvalue weighted by atomic mass is 10.1. The van der Waals surface area contributed by atoms with Crippen molar-refractivity contribution in [1.29, 1.82) is 5.26 Å². The van der Waals surface area contributed by atoms with Gasteiger partial charge in [-0.2, -0.15) is 16.6 Å². The number of nitriles is 1. The molecule has 2 N–H and O–H groups in total. The molecule has 0 saturated heterocycles. The molecule has 5 heteroatoms. The zero-order valence-electron chi connectivity index (χ0n) is 11.2. The van der Waals surface area contributed by atoms with Crippen molar-refractivity contribution in [3.8, 4) is 11.8 Å². The molecule has 0 bridgehead atoms. The first-order valence-corrected chi connectivity index (χ1v) is 7.16. The number of methoxy groups -OCH3 is 1. The van der Waals surface area contributed by atoms with Crippen LogP contribution in [-0.2, 0) is 6.54 Å². The minimum absolute atomic E-state index is 0.485. The zero-order chi connectivity index (χ0) is 14.4. The van der Waals surface area contributed by atoms with Crippen LogP contribution in [0.5, 0.6) is 5.75 Å². The van der Waals surface area contributed by atoms with Crippen LogP contribution in [-0.4, -0.2) is 18.8 Å². The Morgan fingerprint density at radius 2 is 2.30 bits per heavy atom. The van der Waals surface area contributed by atoms with E-state index in [1.165, 1.54) is 0 Å². The van der Waals surface area contributed by atoms with Crippen LogP contribution in [0, 0.1) is 11.3 Å². The Hall–Kier alpha value is -1.87. The van der Waals surface area contributed by atoms with Gasteiger partial charge in [-0.3, -0.25) is 0 Å². The van der Waals surface area contributed by atoms with Crippen molar-refractivity contribution in [2.24, 2.45) is 0 Å². The molecule has 0 aliphatic rings. The lowest BCUT2D eigenvalue weighted by molar-refractivity contribution is 0.175. The number of hydrogen-bond donors (Lipinski definition) is 2. The number of aliphatic hydroxyl groups excluding tert-OH is 1. The lowest BCUT2D eigenvalue weighted by Gasteiger charge is -2.11. The number of thiophene rings is 1. The first-order valence-electron chi connectivity index (χ1n) is 6.22. The fourth-order valence-corrected chi connectivity index (χ4v) is 2.58. The summed E-state index contributed by atoms with van der Waals surface area (Å²) >= 11 is 1.57. The van der Waals surface area contributed by atoms with Crippen LogP contribution in [0.2, 0.25) is 0 Å². The molecule has 1 aromatic heterocycles. The van der Waals surface area contributed by atoms with Gasteiger partial charge in [-0.05, 0) is 40.1 Å². The molecule has 20 heavy (non-hydrogen) atoms. The molecule has 104 valence electrons. The third kappa shape index (κ3) is 3.58. The normalized spacial score (nSPS) is 11.8. The molecule has 0 saturated carbocycles. The van der Waals surface area contributed by atoms with Crippen molar-refractivity contribution < 1.29 is 9.84 Å². The van der Waals surface area contributed by atoms with Crippen LogP contribution in [0.15, 0.2) is 35.0 Å².